The molecule has 0 radical (unpaired) electrons. The molecule has 0 bridgehead atoms. The van der Waals surface area contributed by atoms with Crippen LogP contribution in [0.5, 0.6) is 11.5 Å². The van der Waals surface area contributed by atoms with Gasteiger partial charge >= 0.3 is 0 Å². The summed E-state index contributed by atoms with van der Waals surface area (Å²) in [5.41, 5.74) is 1.06. The van der Waals surface area contributed by atoms with Crippen molar-refractivity contribution in [1.29, 1.82) is 0 Å². The molecule has 0 atom stereocenters. The lowest BCUT2D eigenvalue weighted by Gasteiger charge is -2.31. The summed E-state index contributed by atoms with van der Waals surface area (Å²) in [4.78, 5) is 20.2. The minimum absolute atomic E-state index is 0.00235. The molecule has 1 aromatic carbocycles. The number of hydrogen-bond donors (Lipinski definition) is 1. The van der Waals surface area contributed by atoms with Crippen molar-refractivity contribution in [1.82, 2.24) is 9.88 Å². The number of nitrogens with zero attached hydrogens (tertiary/aromatic N) is 2. The molecule has 28 heavy (non-hydrogen) atoms. The van der Waals surface area contributed by atoms with Gasteiger partial charge in [0, 0.05) is 18.0 Å². The van der Waals surface area contributed by atoms with Crippen LogP contribution in [0, 0.1) is 6.92 Å². The topological polar surface area (TPSA) is 63.7 Å². The van der Waals surface area contributed by atoms with Gasteiger partial charge in [-0.15, -0.1) is 11.3 Å². The lowest BCUT2D eigenvalue weighted by Crippen LogP contribution is -2.42. The van der Waals surface area contributed by atoms with Gasteiger partial charge in [-0.05, 0) is 45.2 Å². The molecular formula is C21H29N3O3S. The Labute approximate surface area is 170 Å². The fourth-order valence-electron chi connectivity index (χ4n) is 3.36. The summed E-state index contributed by atoms with van der Waals surface area (Å²) in [5, 5.41) is 3.64. The second-order valence-electron chi connectivity index (χ2n) is 6.90. The van der Waals surface area contributed by atoms with Crippen LogP contribution in [-0.4, -0.2) is 48.1 Å². The van der Waals surface area contributed by atoms with Crippen LogP contribution >= 0.6 is 11.3 Å². The maximum absolute atomic E-state index is 12.3. The minimum Gasteiger partial charge on any atom is -0.490 e. The maximum atomic E-state index is 12.3. The monoisotopic (exact) mass is 403 g/mol. The van der Waals surface area contributed by atoms with Gasteiger partial charge in [0.1, 0.15) is 6.10 Å². The number of piperidine rings is 1. The Balaban J connectivity index is 1.45. The number of hydrogen-bond acceptors (Lipinski definition) is 6. The number of likely N-dealkylation sites (tertiary alicyclic amines) is 1. The average Bonchev–Trinajstić information content (AvgIpc) is 3.04. The van der Waals surface area contributed by atoms with E-state index >= 15 is 0 Å². The van der Waals surface area contributed by atoms with Gasteiger partial charge in [0.25, 0.3) is 0 Å². The Morgan fingerprint density at radius 2 is 1.96 bits per heavy atom. The maximum Gasteiger partial charge on any atom is 0.240 e. The number of aryl methyl sites for hydroxylation is 2. The van der Waals surface area contributed by atoms with E-state index in [1.807, 2.05) is 38.1 Å². The first kappa shape index (κ1) is 20.6. The van der Waals surface area contributed by atoms with Gasteiger partial charge in [0.2, 0.25) is 5.91 Å². The molecule has 6 nitrogen and oxygen atoms in total. The normalized spacial score (nSPS) is 15.4. The summed E-state index contributed by atoms with van der Waals surface area (Å²) in [7, 11) is 0. The van der Waals surface area contributed by atoms with Crippen LogP contribution in [0.2, 0.25) is 0 Å². The standard InChI is InChI=1S/C21H29N3O3S/c1-4-17-15(3)28-21(22-17)23-20(25)14-24-12-10-16(11-13-24)27-19-9-7-6-8-18(19)26-5-2/h6-9,16H,4-5,10-14H2,1-3H3,(H,22,23,25). The number of ether oxygens (including phenoxy) is 2. The van der Waals surface area contributed by atoms with Crippen molar-refractivity contribution in [2.45, 2.75) is 46.1 Å². The van der Waals surface area contributed by atoms with Gasteiger partial charge < -0.3 is 14.8 Å². The van der Waals surface area contributed by atoms with Gasteiger partial charge in [0.15, 0.2) is 16.6 Å². The van der Waals surface area contributed by atoms with Gasteiger partial charge in [-0.25, -0.2) is 4.98 Å². The van der Waals surface area contributed by atoms with Crippen molar-refractivity contribution in [2.24, 2.45) is 0 Å². The number of thiazole rings is 1. The molecule has 0 aliphatic carbocycles. The molecule has 0 unspecified atom stereocenters. The lowest BCUT2D eigenvalue weighted by atomic mass is 10.1. The highest BCUT2D eigenvalue weighted by Gasteiger charge is 2.23. The number of carbonyl (C=O) groups excluding carboxylic acids is 1. The molecule has 2 aromatic rings. The molecule has 1 fully saturated rings. The molecule has 152 valence electrons. The molecule has 7 heteroatoms. The van der Waals surface area contributed by atoms with Crippen LogP contribution in [0.25, 0.3) is 0 Å². The Bertz CT molecular complexity index is 785. The van der Waals surface area contributed by atoms with Crippen LogP contribution in [-0.2, 0) is 11.2 Å². The number of carbonyl (C=O) groups is 1. The summed E-state index contributed by atoms with van der Waals surface area (Å²) in [6, 6.07) is 7.79. The fraction of sp³-hybridized carbons (Fsp3) is 0.524. The summed E-state index contributed by atoms with van der Waals surface area (Å²) >= 11 is 1.54. The molecule has 0 saturated carbocycles. The van der Waals surface area contributed by atoms with Crippen molar-refractivity contribution < 1.29 is 14.3 Å². The zero-order chi connectivity index (χ0) is 19.9. The first-order valence-corrected chi connectivity index (χ1v) is 10.8. The Morgan fingerprint density at radius 1 is 1.25 bits per heavy atom. The van der Waals surface area contributed by atoms with Crippen molar-refractivity contribution in [3.8, 4) is 11.5 Å². The first-order valence-electron chi connectivity index (χ1n) is 9.96. The Hall–Kier alpha value is -2.12. The number of anilines is 1. The number of benzene rings is 1. The summed E-state index contributed by atoms with van der Waals surface area (Å²) in [6.45, 7) is 8.77. The molecule has 1 saturated heterocycles. The molecule has 2 heterocycles. The zero-order valence-electron chi connectivity index (χ0n) is 16.9. The predicted octanol–water partition coefficient (Wildman–Crippen LogP) is 3.89. The molecule has 1 aliphatic heterocycles. The van der Waals surface area contributed by atoms with E-state index < -0.39 is 0 Å². The first-order chi connectivity index (χ1) is 13.6. The van der Waals surface area contributed by atoms with Crippen LogP contribution < -0.4 is 14.8 Å². The molecular weight excluding hydrogens is 374 g/mol. The summed E-state index contributed by atoms with van der Waals surface area (Å²) in [6.07, 6.45) is 2.82. The predicted molar refractivity (Wildman–Crippen MR) is 113 cm³/mol. The smallest absolute Gasteiger partial charge is 0.240 e. The third-order valence-electron chi connectivity index (χ3n) is 4.82. The van der Waals surface area contributed by atoms with Crippen LogP contribution in [0.15, 0.2) is 24.3 Å². The van der Waals surface area contributed by atoms with Gasteiger partial charge in [-0.1, -0.05) is 19.1 Å². The van der Waals surface area contributed by atoms with Crippen molar-refractivity contribution in [2.75, 3.05) is 31.6 Å². The van der Waals surface area contributed by atoms with E-state index in [1.165, 1.54) is 4.88 Å². The Morgan fingerprint density at radius 3 is 2.61 bits per heavy atom. The molecule has 1 amide bonds. The van der Waals surface area contributed by atoms with Gasteiger partial charge in [0.05, 0.1) is 18.8 Å². The zero-order valence-corrected chi connectivity index (χ0v) is 17.7. The molecule has 1 aliphatic rings. The Kier molecular flexibility index (Phi) is 7.28. The number of para-hydroxylation sites is 2. The molecule has 3 rings (SSSR count). The third kappa shape index (κ3) is 5.45. The number of nitrogens with one attached hydrogen (secondary N) is 1. The van der Waals surface area contributed by atoms with Crippen LogP contribution in [0.3, 0.4) is 0 Å². The average molecular weight is 404 g/mol. The highest BCUT2D eigenvalue weighted by molar-refractivity contribution is 7.15. The minimum atomic E-state index is -0.00235. The summed E-state index contributed by atoms with van der Waals surface area (Å²) < 4.78 is 11.8. The number of amides is 1. The van der Waals surface area contributed by atoms with E-state index in [2.05, 4.69) is 22.1 Å². The quantitative estimate of drug-likeness (QED) is 0.724. The highest BCUT2D eigenvalue weighted by Crippen LogP contribution is 2.29. The second kappa shape index (κ2) is 9.89. The van der Waals surface area contributed by atoms with E-state index in [9.17, 15) is 4.79 Å². The van der Waals surface area contributed by atoms with Gasteiger partial charge in [-0.3, -0.25) is 9.69 Å². The SMILES string of the molecule is CCOc1ccccc1OC1CCN(CC(=O)Nc2nc(CC)c(C)s2)CC1. The fourth-order valence-corrected chi connectivity index (χ4v) is 4.28. The van der Waals surface area contributed by atoms with E-state index in [-0.39, 0.29) is 12.0 Å². The molecule has 1 aromatic heterocycles. The highest BCUT2D eigenvalue weighted by atomic mass is 32.1. The third-order valence-corrected chi connectivity index (χ3v) is 5.75. The van der Waals surface area contributed by atoms with Crippen molar-refractivity contribution in [3.05, 3.63) is 34.8 Å². The summed E-state index contributed by atoms with van der Waals surface area (Å²) in [5.74, 6) is 1.58. The van der Waals surface area contributed by atoms with Crippen LogP contribution in [0.1, 0.15) is 37.3 Å². The number of aromatic nitrogens is 1. The van der Waals surface area contributed by atoms with E-state index in [4.69, 9.17) is 9.47 Å². The largest absolute Gasteiger partial charge is 0.490 e. The van der Waals surface area contributed by atoms with E-state index in [1.54, 1.807) is 11.3 Å². The molecule has 1 N–H and O–H groups in total. The van der Waals surface area contributed by atoms with Gasteiger partial charge in [-0.2, -0.15) is 0 Å². The molecule has 0 spiro atoms. The van der Waals surface area contributed by atoms with Crippen LogP contribution in [0.4, 0.5) is 5.13 Å². The second-order valence-corrected chi connectivity index (χ2v) is 8.10. The van der Waals surface area contributed by atoms with Crippen molar-refractivity contribution >= 4 is 22.4 Å². The number of rotatable bonds is 8. The van der Waals surface area contributed by atoms with Crippen molar-refractivity contribution in [3.63, 3.8) is 0 Å². The van der Waals surface area contributed by atoms with E-state index in [0.717, 1.165) is 49.5 Å². The lowest BCUT2D eigenvalue weighted by molar-refractivity contribution is -0.117. The van der Waals surface area contributed by atoms with E-state index in [0.29, 0.717) is 18.3 Å².